The summed E-state index contributed by atoms with van der Waals surface area (Å²) in [5.41, 5.74) is 4.74. The summed E-state index contributed by atoms with van der Waals surface area (Å²) in [7, 11) is 3.22. The SMILES string of the molecule is COc1ccc(OC)c(-c2csc(NC(=O)c3ccc4ncsc4c3)n2)c1. The molecule has 0 aliphatic rings. The van der Waals surface area contributed by atoms with E-state index < -0.39 is 0 Å². The second-order valence-electron chi connectivity index (χ2n) is 5.59. The van der Waals surface area contributed by atoms with E-state index in [-0.39, 0.29) is 5.91 Å². The Bertz CT molecular complexity index is 1120. The molecule has 0 aliphatic carbocycles. The van der Waals surface area contributed by atoms with Crippen molar-refractivity contribution in [1.82, 2.24) is 9.97 Å². The van der Waals surface area contributed by atoms with Crippen LogP contribution in [0, 0.1) is 0 Å². The Labute approximate surface area is 163 Å². The number of fused-ring (bicyclic) bond motifs is 1. The van der Waals surface area contributed by atoms with Gasteiger partial charge in [-0.15, -0.1) is 22.7 Å². The van der Waals surface area contributed by atoms with Gasteiger partial charge >= 0.3 is 0 Å². The van der Waals surface area contributed by atoms with Gasteiger partial charge in [0.25, 0.3) is 5.91 Å². The molecule has 0 saturated carbocycles. The maximum atomic E-state index is 12.5. The molecule has 0 radical (unpaired) electrons. The average Bonchev–Trinajstić information content (AvgIpc) is 3.36. The van der Waals surface area contributed by atoms with Gasteiger partial charge in [0.05, 0.1) is 35.6 Å². The minimum atomic E-state index is -0.205. The lowest BCUT2D eigenvalue weighted by molar-refractivity contribution is 0.102. The van der Waals surface area contributed by atoms with Crippen molar-refractivity contribution in [3.05, 3.63) is 52.9 Å². The highest BCUT2D eigenvalue weighted by Crippen LogP contribution is 2.35. The quantitative estimate of drug-likeness (QED) is 0.529. The zero-order valence-electron chi connectivity index (χ0n) is 14.6. The molecule has 0 atom stereocenters. The first-order chi connectivity index (χ1) is 13.2. The molecule has 0 aliphatic heterocycles. The third-order valence-electron chi connectivity index (χ3n) is 4.00. The molecule has 1 amide bonds. The molecule has 8 heteroatoms. The number of ether oxygens (including phenoxy) is 2. The van der Waals surface area contributed by atoms with E-state index in [4.69, 9.17) is 9.47 Å². The number of carbonyl (C=O) groups is 1. The maximum Gasteiger partial charge on any atom is 0.257 e. The van der Waals surface area contributed by atoms with E-state index in [9.17, 15) is 4.79 Å². The number of anilines is 1. The standard InChI is InChI=1S/C19H15N3O3S2/c1-24-12-4-6-16(25-2)13(8-12)15-9-26-19(21-15)22-18(23)11-3-5-14-17(7-11)27-10-20-14/h3-10H,1-2H3,(H,21,22,23). The minimum absolute atomic E-state index is 0.205. The molecule has 2 aromatic heterocycles. The first-order valence-corrected chi connectivity index (χ1v) is 9.76. The van der Waals surface area contributed by atoms with Crippen LogP contribution in [-0.2, 0) is 0 Å². The fraction of sp³-hybridized carbons (Fsp3) is 0.105. The second-order valence-corrected chi connectivity index (χ2v) is 7.34. The van der Waals surface area contributed by atoms with Crippen LogP contribution in [0.5, 0.6) is 11.5 Å². The Balaban J connectivity index is 1.58. The molecule has 4 rings (SSSR count). The molecule has 2 aromatic carbocycles. The number of aromatic nitrogens is 2. The summed E-state index contributed by atoms with van der Waals surface area (Å²) in [4.78, 5) is 21.3. The lowest BCUT2D eigenvalue weighted by atomic mass is 10.1. The number of thiazole rings is 2. The molecule has 0 bridgehead atoms. The number of benzene rings is 2. The van der Waals surface area contributed by atoms with Gasteiger partial charge in [-0.25, -0.2) is 9.97 Å². The van der Waals surface area contributed by atoms with Crippen molar-refractivity contribution in [1.29, 1.82) is 0 Å². The van der Waals surface area contributed by atoms with Crippen LogP contribution in [0.25, 0.3) is 21.5 Å². The summed E-state index contributed by atoms with van der Waals surface area (Å²) >= 11 is 2.86. The van der Waals surface area contributed by atoms with E-state index >= 15 is 0 Å². The number of hydrogen-bond donors (Lipinski definition) is 1. The van der Waals surface area contributed by atoms with Crippen molar-refractivity contribution >= 4 is 43.9 Å². The third-order valence-corrected chi connectivity index (χ3v) is 5.55. The first-order valence-electron chi connectivity index (χ1n) is 8.00. The van der Waals surface area contributed by atoms with E-state index in [1.807, 2.05) is 35.7 Å². The topological polar surface area (TPSA) is 73.3 Å². The van der Waals surface area contributed by atoms with E-state index in [1.54, 1.807) is 25.8 Å². The Morgan fingerprint density at radius 1 is 1.07 bits per heavy atom. The van der Waals surface area contributed by atoms with Crippen molar-refractivity contribution in [2.45, 2.75) is 0 Å². The maximum absolute atomic E-state index is 12.5. The summed E-state index contributed by atoms with van der Waals surface area (Å²) in [5, 5.41) is 5.24. The van der Waals surface area contributed by atoms with E-state index in [2.05, 4.69) is 15.3 Å². The Hall–Kier alpha value is -2.97. The molecule has 0 unspecified atom stereocenters. The number of methoxy groups -OCH3 is 2. The van der Waals surface area contributed by atoms with Crippen molar-refractivity contribution < 1.29 is 14.3 Å². The van der Waals surface area contributed by atoms with Gasteiger partial charge in [0, 0.05) is 16.5 Å². The highest BCUT2D eigenvalue weighted by atomic mass is 32.1. The van der Waals surface area contributed by atoms with E-state index in [0.29, 0.717) is 27.9 Å². The molecule has 0 saturated heterocycles. The van der Waals surface area contributed by atoms with Gasteiger partial charge in [0.2, 0.25) is 0 Å². The number of rotatable bonds is 5. The number of carbonyl (C=O) groups excluding carboxylic acids is 1. The summed E-state index contributed by atoms with van der Waals surface area (Å²) in [6.45, 7) is 0. The number of hydrogen-bond acceptors (Lipinski definition) is 7. The normalized spacial score (nSPS) is 10.7. The van der Waals surface area contributed by atoms with E-state index in [0.717, 1.165) is 15.8 Å². The van der Waals surface area contributed by atoms with Gasteiger partial charge in [0.1, 0.15) is 11.5 Å². The van der Waals surface area contributed by atoms with Crippen LogP contribution in [0.2, 0.25) is 0 Å². The fourth-order valence-electron chi connectivity index (χ4n) is 2.63. The number of nitrogens with one attached hydrogen (secondary N) is 1. The van der Waals surface area contributed by atoms with Crippen molar-refractivity contribution in [2.75, 3.05) is 19.5 Å². The van der Waals surface area contributed by atoms with Crippen molar-refractivity contribution in [3.8, 4) is 22.8 Å². The second kappa shape index (κ2) is 7.34. The smallest absolute Gasteiger partial charge is 0.257 e. The van der Waals surface area contributed by atoms with Gasteiger partial charge in [0.15, 0.2) is 5.13 Å². The van der Waals surface area contributed by atoms with Crippen LogP contribution >= 0.6 is 22.7 Å². The predicted octanol–water partition coefficient (Wildman–Crippen LogP) is 4.69. The molecule has 0 fully saturated rings. The lowest BCUT2D eigenvalue weighted by Gasteiger charge is -2.08. The molecule has 2 heterocycles. The van der Waals surface area contributed by atoms with Crippen LogP contribution in [0.1, 0.15) is 10.4 Å². The van der Waals surface area contributed by atoms with Crippen molar-refractivity contribution in [3.63, 3.8) is 0 Å². The largest absolute Gasteiger partial charge is 0.497 e. The zero-order valence-corrected chi connectivity index (χ0v) is 16.2. The number of amides is 1. The molecule has 0 spiro atoms. The van der Waals surface area contributed by atoms with Crippen LogP contribution in [0.4, 0.5) is 5.13 Å². The van der Waals surface area contributed by atoms with Gasteiger partial charge in [-0.1, -0.05) is 0 Å². The lowest BCUT2D eigenvalue weighted by Crippen LogP contribution is -2.11. The van der Waals surface area contributed by atoms with Crippen LogP contribution < -0.4 is 14.8 Å². The van der Waals surface area contributed by atoms with Crippen LogP contribution in [0.15, 0.2) is 47.3 Å². The highest BCUT2D eigenvalue weighted by Gasteiger charge is 2.14. The molecule has 27 heavy (non-hydrogen) atoms. The summed E-state index contributed by atoms with van der Waals surface area (Å²) in [5.74, 6) is 1.20. The zero-order chi connectivity index (χ0) is 18.8. The first kappa shape index (κ1) is 17.4. The van der Waals surface area contributed by atoms with Gasteiger partial charge in [-0.3, -0.25) is 10.1 Å². The summed E-state index contributed by atoms with van der Waals surface area (Å²) in [6.07, 6.45) is 0. The molecule has 136 valence electrons. The molecule has 4 aromatic rings. The monoisotopic (exact) mass is 397 g/mol. The van der Waals surface area contributed by atoms with Gasteiger partial charge in [-0.2, -0.15) is 0 Å². The fourth-order valence-corrected chi connectivity index (χ4v) is 4.06. The number of nitrogens with zero attached hydrogens (tertiary/aromatic N) is 2. The van der Waals surface area contributed by atoms with Crippen molar-refractivity contribution in [2.24, 2.45) is 0 Å². The Kier molecular flexibility index (Phi) is 4.74. The third kappa shape index (κ3) is 3.49. The Morgan fingerprint density at radius 2 is 1.96 bits per heavy atom. The summed E-state index contributed by atoms with van der Waals surface area (Å²) in [6, 6.07) is 11.0. The molecule has 1 N–H and O–H groups in total. The Morgan fingerprint density at radius 3 is 2.78 bits per heavy atom. The van der Waals surface area contributed by atoms with E-state index in [1.165, 1.54) is 22.7 Å². The van der Waals surface area contributed by atoms with Gasteiger partial charge < -0.3 is 9.47 Å². The predicted molar refractivity (Wildman–Crippen MR) is 108 cm³/mol. The van der Waals surface area contributed by atoms with Gasteiger partial charge in [-0.05, 0) is 36.4 Å². The minimum Gasteiger partial charge on any atom is -0.497 e. The average molecular weight is 397 g/mol. The van der Waals surface area contributed by atoms with Crippen LogP contribution in [-0.4, -0.2) is 30.1 Å². The molecular weight excluding hydrogens is 382 g/mol. The summed E-state index contributed by atoms with van der Waals surface area (Å²) < 4.78 is 11.7. The molecule has 6 nitrogen and oxygen atoms in total. The van der Waals surface area contributed by atoms with Crippen LogP contribution in [0.3, 0.4) is 0 Å². The highest BCUT2D eigenvalue weighted by molar-refractivity contribution is 7.16. The molecular formula is C19H15N3O3S2.